The second-order valence-electron chi connectivity index (χ2n) is 3.76. The van der Waals surface area contributed by atoms with Crippen LogP contribution >= 0.6 is 0 Å². The van der Waals surface area contributed by atoms with E-state index in [1.165, 1.54) is 12.1 Å². The Morgan fingerprint density at radius 1 is 1.11 bits per heavy atom. The van der Waals surface area contributed by atoms with Gasteiger partial charge in [-0.05, 0) is 23.8 Å². The Morgan fingerprint density at radius 3 is 2.61 bits per heavy atom. The summed E-state index contributed by atoms with van der Waals surface area (Å²) in [4.78, 5) is 16.7. The number of carbonyl (C=O) groups is 1. The molecule has 0 fully saturated rings. The minimum absolute atomic E-state index is 0.0470. The molecule has 0 aliphatic rings. The average molecular weight is 243 g/mol. The van der Waals surface area contributed by atoms with E-state index in [0.717, 1.165) is 5.56 Å². The fraction of sp³-hybridized carbons (Fsp3) is 0.0714. The number of carbonyl (C=O) groups excluding carboxylic acids is 1. The number of benzene rings is 2. The van der Waals surface area contributed by atoms with Gasteiger partial charge < -0.3 is 5.11 Å². The summed E-state index contributed by atoms with van der Waals surface area (Å²) in [5.41, 5.74) is 3.64. The van der Waals surface area contributed by atoms with E-state index in [4.69, 9.17) is 4.84 Å². The summed E-state index contributed by atoms with van der Waals surface area (Å²) in [6, 6.07) is 15.6. The maximum absolute atomic E-state index is 11.6. The summed E-state index contributed by atoms with van der Waals surface area (Å²) >= 11 is 0. The maximum Gasteiger partial charge on any atom is 0.274 e. The molecule has 0 radical (unpaired) electrons. The molecule has 2 aromatic carbocycles. The Labute approximate surface area is 105 Å². The molecule has 0 unspecified atom stereocenters. The lowest BCUT2D eigenvalue weighted by Crippen LogP contribution is -2.23. The molecule has 0 saturated heterocycles. The summed E-state index contributed by atoms with van der Waals surface area (Å²) in [5.74, 6) is -0.340. The zero-order chi connectivity index (χ0) is 12.8. The van der Waals surface area contributed by atoms with Crippen molar-refractivity contribution >= 4 is 5.91 Å². The number of hydroxylamine groups is 1. The molecule has 92 valence electrons. The van der Waals surface area contributed by atoms with Gasteiger partial charge >= 0.3 is 0 Å². The molecule has 0 heterocycles. The monoisotopic (exact) mass is 243 g/mol. The SMILES string of the molecule is O=C(NOCc1ccccc1)c1cccc(O)c1. The van der Waals surface area contributed by atoms with Gasteiger partial charge in [0.15, 0.2) is 0 Å². The van der Waals surface area contributed by atoms with Gasteiger partial charge in [-0.2, -0.15) is 0 Å². The number of nitrogens with one attached hydrogen (secondary N) is 1. The van der Waals surface area contributed by atoms with Gasteiger partial charge in [0.05, 0.1) is 6.61 Å². The first kappa shape index (κ1) is 12.1. The number of aromatic hydroxyl groups is 1. The Hall–Kier alpha value is -2.33. The molecule has 0 aromatic heterocycles. The zero-order valence-electron chi connectivity index (χ0n) is 9.67. The van der Waals surface area contributed by atoms with Gasteiger partial charge in [0.2, 0.25) is 0 Å². The summed E-state index contributed by atoms with van der Waals surface area (Å²) in [5, 5.41) is 9.24. The Balaban J connectivity index is 1.86. The molecule has 0 aliphatic carbocycles. The van der Waals surface area contributed by atoms with Crippen LogP contribution in [0.3, 0.4) is 0 Å². The second kappa shape index (κ2) is 5.84. The standard InChI is InChI=1S/C14H13NO3/c16-13-8-4-7-12(9-13)14(17)15-18-10-11-5-2-1-3-6-11/h1-9,16H,10H2,(H,15,17). The lowest BCUT2D eigenvalue weighted by molar-refractivity contribution is 0.0233. The van der Waals surface area contributed by atoms with Crippen molar-refractivity contribution in [3.63, 3.8) is 0 Å². The van der Waals surface area contributed by atoms with E-state index in [0.29, 0.717) is 12.2 Å². The highest BCUT2D eigenvalue weighted by Gasteiger charge is 2.05. The van der Waals surface area contributed by atoms with Crippen LogP contribution in [-0.2, 0) is 11.4 Å². The van der Waals surface area contributed by atoms with E-state index in [1.807, 2.05) is 30.3 Å². The van der Waals surface area contributed by atoms with Crippen molar-refractivity contribution in [3.8, 4) is 5.75 Å². The second-order valence-corrected chi connectivity index (χ2v) is 3.76. The highest BCUT2D eigenvalue weighted by atomic mass is 16.6. The van der Waals surface area contributed by atoms with Gasteiger partial charge in [-0.15, -0.1) is 0 Å². The molecule has 18 heavy (non-hydrogen) atoms. The minimum atomic E-state index is -0.387. The first-order valence-electron chi connectivity index (χ1n) is 5.51. The van der Waals surface area contributed by atoms with Gasteiger partial charge in [0, 0.05) is 5.56 Å². The zero-order valence-corrected chi connectivity index (χ0v) is 9.67. The number of rotatable bonds is 4. The normalized spacial score (nSPS) is 10.0. The van der Waals surface area contributed by atoms with Crippen LogP contribution in [0, 0.1) is 0 Å². The Bertz CT molecular complexity index is 526. The molecule has 1 amide bonds. The van der Waals surface area contributed by atoms with Crippen molar-refractivity contribution in [2.24, 2.45) is 0 Å². The third kappa shape index (κ3) is 3.33. The molecule has 4 heteroatoms. The van der Waals surface area contributed by atoms with Crippen molar-refractivity contribution in [2.75, 3.05) is 0 Å². The first-order chi connectivity index (χ1) is 8.75. The molecule has 4 nitrogen and oxygen atoms in total. The Morgan fingerprint density at radius 2 is 1.89 bits per heavy atom. The molecule has 0 atom stereocenters. The molecule has 2 aromatic rings. The van der Waals surface area contributed by atoms with E-state index in [-0.39, 0.29) is 11.7 Å². The van der Waals surface area contributed by atoms with E-state index in [1.54, 1.807) is 12.1 Å². The van der Waals surface area contributed by atoms with E-state index >= 15 is 0 Å². The van der Waals surface area contributed by atoms with E-state index < -0.39 is 0 Å². The lowest BCUT2D eigenvalue weighted by atomic mass is 10.2. The number of amides is 1. The van der Waals surface area contributed by atoms with Gasteiger partial charge in [0.25, 0.3) is 5.91 Å². The predicted molar refractivity (Wildman–Crippen MR) is 66.8 cm³/mol. The van der Waals surface area contributed by atoms with Gasteiger partial charge in [-0.3, -0.25) is 9.63 Å². The quantitative estimate of drug-likeness (QED) is 0.810. The predicted octanol–water partition coefficient (Wildman–Crippen LogP) is 2.25. The van der Waals surface area contributed by atoms with Crippen LogP contribution in [0.4, 0.5) is 0 Å². The van der Waals surface area contributed by atoms with Crippen molar-refractivity contribution in [2.45, 2.75) is 6.61 Å². The Kier molecular flexibility index (Phi) is 3.94. The van der Waals surface area contributed by atoms with Crippen LogP contribution in [0.1, 0.15) is 15.9 Å². The van der Waals surface area contributed by atoms with Crippen molar-refractivity contribution in [3.05, 3.63) is 65.7 Å². The van der Waals surface area contributed by atoms with Crippen molar-refractivity contribution in [1.82, 2.24) is 5.48 Å². The molecule has 0 bridgehead atoms. The number of phenolic OH excluding ortho intramolecular Hbond substituents is 1. The lowest BCUT2D eigenvalue weighted by Gasteiger charge is -2.06. The van der Waals surface area contributed by atoms with Crippen LogP contribution in [0.2, 0.25) is 0 Å². The van der Waals surface area contributed by atoms with Crippen LogP contribution in [0.25, 0.3) is 0 Å². The summed E-state index contributed by atoms with van der Waals surface area (Å²) < 4.78 is 0. The molecule has 0 saturated carbocycles. The van der Waals surface area contributed by atoms with Crippen LogP contribution in [0.5, 0.6) is 5.75 Å². The maximum atomic E-state index is 11.6. The summed E-state index contributed by atoms with van der Waals surface area (Å²) in [6.07, 6.45) is 0. The van der Waals surface area contributed by atoms with Crippen LogP contribution in [0.15, 0.2) is 54.6 Å². The fourth-order valence-corrected chi connectivity index (χ4v) is 1.47. The largest absolute Gasteiger partial charge is 0.508 e. The topological polar surface area (TPSA) is 58.6 Å². The van der Waals surface area contributed by atoms with Gasteiger partial charge in [-0.25, -0.2) is 5.48 Å². The van der Waals surface area contributed by atoms with Crippen molar-refractivity contribution < 1.29 is 14.7 Å². The third-order valence-corrected chi connectivity index (χ3v) is 2.35. The van der Waals surface area contributed by atoms with Crippen LogP contribution in [-0.4, -0.2) is 11.0 Å². The summed E-state index contributed by atoms with van der Waals surface area (Å²) in [6.45, 7) is 0.297. The highest BCUT2D eigenvalue weighted by molar-refractivity contribution is 5.93. The minimum Gasteiger partial charge on any atom is -0.508 e. The van der Waals surface area contributed by atoms with Gasteiger partial charge in [0.1, 0.15) is 5.75 Å². The highest BCUT2D eigenvalue weighted by Crippen LogP contribution is 2.10. The van der Waals surface area contributed by atoms with Crippen molar-refractivity contribution in [1.29, 1.82) is 0 Å². The molecule has 0 aliphatic heterocycles. The summed E-state index contributed by atoms with van der Waals surface area (Å²) in [7, 11) is 0. The average Bonchev–Trinajstić information content (AvgIpc) is 2.40. The number of hydrogen-bond acceptors (Lipinski definition) is 3. The third-order valence-electron chi connectivity index (χ3n) is 2.35. The van der Waals surface area contributed by atoms with E-state index in [9.17, 15) is 9.90 Å². The van der Waals surface area contributed by atoms with Gasteiger partial charge in [-0.1, -0.05) is 36.4 Å². The van der Waals surface area contributed by atoms with Crippen LogP contribution < -0.4 is 5.48 Å². The molecular formula is C14H13NO3. The molecular weight excluding hydrogens is 230 g/mol. The smallest absolute Gasteiger partial charge is 0.274 e. The first-order valence-corrected chi connectivity index (χ1v) is 5.51. The van der Waals surface area contributed by atoms with E-state index in [2.05, 4.69) is 5.48 Å². The number of hydrogen-bond donors (Lipinski definition) is 2. The molecule has 2 N–H and O–H groups in total. The number of phenols is 1. The molecule has 0 spiro atoms. The molecule has 2 rings (SSSR count). The fourth-order valence-electron chi connectivity index (χ4n) is 1.47.